The van der Waals surface area contributed by atoms with Gasteiger partial charge in [-0.15, -0.1) is 0 Å². The monoisotopic (exact) mass is 439 g/mol. The van der Waals surface area contributed by atoms with Gasteiger partial charge in [-0.25, -0.2) is 0 Å². The number of likely N-dealkylation sites (tertiary alicyclic amines) is 1. The van der Waals surface area contributed by atoms with Crippen LogP contribution in [0.4, 0.5) is 0 Å². The summed E-state index contributed by atoms with van der Waals surface area (Å²) in [6.45, 7) is 19.8. The molecule has 182 valence electrons. The molecule has 0 aromatic rings. The molecule has 1 N–H and O–H groups in total. The first-order chi connectivity index (χ1) is 14.8. The molecule has 1 heterocycles. The number of carbonyl (C=O) groups excluding carboxylic acids is 1. The minimum absolute atomic E-state index is 0.152. The van der Waals surface area contributed by atoms with E-state index in [-0.39, 0.29) is 5.91 Å². The summed E-state index contributed by atoms with van der Waals surface area (Å²) < 4.78 is 12.1. The number of nitrogens with one attached hydrogen (secondary N) is 1. The van der Waals surface area contributed by atoms with Gasteiger partial charge in [-0.1, -0.05) is 27.7 Å². The first kappa shape index (κ1) is 26.6. The van der Waals surface area contributed by atoms with Crippen LogP contribution in [0, 0.1) is 11.8 Å². The smallest absolute Gasteiger partial charge is 0.234 e. The summed E-state index contributed by atoms with van der Waals surface area (Å²) >= 11 is 0. The molecular formula is C25H49N3O3. The van der Waals surface area contributed by atoms with E-state index in [4.69, 9.17) is 9.47 Å². The number of nitrogens with zero attached hydrogens (tertiary/aromatic N) is 2. The zero-order chi connectivity index (χ0) is 22.8. The summed E-state index contributed by atoms with van der Waals surface area (Å²) in [7, 11) is 0. The maximum absolute atomic E-state index is 12.1. The number of hydrogen-bond acceptors (Lipinski definition) is 5. The van der Waals surface area contributed by atoms with Gasteiger partial charge in [-0.3, -0.25) is 9.69 Å². The van der Waals surface area contributed by atoms with Crippen molar-refractivity contribution in [3.05, 3.63) is 0 Å². The van der Waals surface area contributed by atoms with Crippen LogP contribution in [-0.4, -0.2) is 85.9 Å². The van der Waals surface area contributed by atoms with Crippen molar-refractivity contribution < 1.29 is 14.3 Å². The molecule has 1 aliphatic carbocycles. The van der Waals surface area contributed by atoms with E-state index in [2.05, 4.69) is 56.7 Å². The Balaban J connectivity index is 1.54. The molecule has 0 aromatic heterocycles. The molecule has 2 atom stereocenters. The second-order valence-electron chi connectivity index (χ2n) is 10.3. The molecule has 1 amide bonds. The summed E-state index contributed by atoms with van der Waals surface area (Å²) in [6.07, 6.45) is 6.48. The molecule has 2 unspecified atom stereocenters. The summed E-state index contributed by atoms with van der Waals surface area (Å²) in [5, 5.41) is 3.16. The Labute approximate surface area is 191 Å². The van der Waals surface area contributed by atoms with Crippen LogP contribution in [0.1, 0.15) is 73.6 Å². The van der Waals surface area contributed by atoms with Gasteiger partial charge >= 0.3 is 0 Å². The predicted molar refractivity (Wildman–Crippen MR) is 127 cm³/mol. The number of carbonyl (C=O) groups is 1. The third kappa shape index (κ3) is 10.2. The molecular weight excluding hydrogens is 390 g/mol. The van der Waals surface area contributed by atoms with Gasteiger partial charge in [0.25, 0.3) is 0 Å². The number of piperidine rings is 1. The van der Waals surface area contributed by atoms with E-state index in [1.54, 1.807) is 0 Å². The van der Waals surface area contributed by atoms with Crippen molar-refractivity contribution in [1.29, 1.82) is 0 Å². The molecule has 0 spiro atoms. The average Bonchev–Trinajstić information content (AvgIpc) is 2.70. The van der Waals surface area contributed by atoms with E-state index in [1.165, 1.54) is 13.0 Å². The summed E-state index contributed by atoms with van der Waals surface area (Å²) in [4.78, 5) is 16.9. The van der Waals surface area contributed by atoms with Crippen LogP contribution in [0.3, 0.4) is 0 Å². The fourth-order valence-corrected chi connectivity index (χ4v) is 4.85. The molecule has 1 saturated heterocycles. The number of rotatable bonds is 14. The summed E-state index contributed by atoms with van der Waals surface area (Å²) in [5.74, 6) is 1.48. The Morgan fingerprint density at radius 1 is 1.03 bits per heavy atom. The largest absolute Gasteiger partial charge is 0.379 e. The molecule has 0 aromatic carbocycles. The van der Waals surface area contributed by atoms with Gasteiger partial charge in [0.15, 0.2) is 0 Å². The van der Waals surface area contributed by atoms with Crippen LogP contribution >= 0.6 is 0 Å². The van der Waals surface area contributed by atoms with Crippen molar-refractivity contribution in [1.82, 2.24) is 15.1 Å². The van der Waals surface area contributed by atoms with Crippen molar-refractivity contribution in [3.63, 3.8) is 0 Å². The lowest BCUT2D eigenvalue weighted by atomic mass is 9.88. The second kappa shape index (κ2) is 13.8. The molecule has 6 heteroatoms. The first-order valence-corrected chi connectivity index (χ1v) is 12.8. The van der Waals surface area contributed by atoms with Crippen molar-refractivity contribution in [2.45, 2.75) is 98.0 Å². The topological polar surface area (TPSA) is 54.0 Å². The molecule has 0 bridgehead atoms. The highest BCUT2D eigenvalue weighted by Gasteiger charge is 2.34. The maximum atomic E-state index is 12.1. The van der Waals surface area contributed by atoms with Crippen molar-refractivity contribution in [3.8, 4) is 0 Å². The van der Waals surface area contributed by atoms with Gasteiger partial charge in [0.2, 0.25) is 5.91 Å². The van der Waals surface area contributed by atoms with Crippen LogP contribution in [0.5, 0.6) is 0 Å². The van der Waals surface area contributed by atoms with Gasteiger partial charge in [-0.05, 0) is 70.9 Å². The van der Waals surface area contributed by atoms with Crippen LogP contribution in [0.25, 0.3) is 0 Å². The quantitative estimate of drug-likeness (QED) is 0.449. The molecule has 0 radical (unpaired) electrons. The summed E-state index contributed by atoms with van der Waals surface area (Å²) in [5.41, 5.74) is 0. The van der Waals surface area contributed by atoms with Crippen LogP contribution in [0.15, 0.2) is 0 Å². The van der Waals surface area contributed by atoms with E-state index in [0.717, 1.165) is 58.5 Å². The number of ether oxygens (including phenoxy) is 2. The van der Waals surface area contributed by atoms with E-state index in [1.807, 2.05) is 0 Å². The highest BCUT2D eigenvalue weighted by molar-refractivity contribution is 5.78. The Morgan fingerprint density at radius 3 is 2.26 bits per heavy atom. The third-order valence-corrected chi connectivity index (χ3v) is 6.73. The SMILES string of the molecule is CCN(CC)CC(=O)NC1CC(OC2CCN(CC(C)CC(C)COC(C)C)CC2)C1. The molecule has 1 saturated carbocycles. The number of amides is 1. The zero-order valence-corrected chi connectivity index (χ0v) is 21.1. The Kier molecular flexibility index (Phi) is 11.8. The predicted octanol–water partition coefficient (Wildman–Crippen LogP) is 3.54. The fraction of sp³-hybridized carbons (Fsp3) is 0.960. The fourth-order valence-electron chi connectivity index (χ4n) is 4.85. The Hall–Kier alpha value is -0.690. The lowest BCUT2D eigenvalue weighted by molar-refractivity contribution is -0.126. The van der Waals surface area contributed by atoms with E-state index in [9.17, 15) is 4.79 Å². The highest BCUT2D eigenvalue weighted by atomic mass is 16.5. The third-order valence-electron chi connectivity index (χ3n) is 6.73. The van der Waals surface area contributed by atoms with Crippen LogP contribution in [-0.2, 0) is 14.3 Å². The lowest BCUT2D eigenvalue weighted by Gasteiger charge is -2.40. The van der Waals surface area contributed by atoms with E-state index in [0.29, 0.717) is 42.7 Å². The molecule has 2 aliphatic rings. The Morgan fingerprint density at radius 2 is 1.68 bits per heavy atom. The van der Waals surface area contributed by atoms with E-state index < -0.39 is 0 Å². The number of hydrogen-bond donors (Lipinski definition) is 1. The zero-order valence-electron chi connectivity index (χ0n) is 21.1. The summed E-state index contributed by atoms with van der Waals surface area (Å²) in [6, 6.07) is 0.302. The minimum Gasteiger partial charge on any atom is -0.379 e. The average molecular weight is 440 g/mol. The Bertz CT molecular complexity index is 498. The maximum Gasteiger partial charge on any atom is 0.234 e. The van der Waals surface area contributed by atoms with E-state index >= 15 is 0 Å². The van der Waals surface area contributed by atoms with Crippen LogP contribution < -0.4 is 5.32 Å². The minimum atomic E-state index is 0.152. The molecule has 2 fully saturated rings. The van der Waals surface area contributed by atoms with Crippen LogP contribution in [0.2, 0.25) is 0 Å². The highest BCUT2D eigenvalue weighted by Crippen LogP contribution is 2.28. The molecule has 2 rings (SSSR count). The van der Waals surface area contributed by atoms with Crippen molar-refractivity contribution in [2.24, 2.45) is 11.8 Å². The number of likely N-dealkylation sites (N-methyl/N-ethyl adjacent to an activating group) is 1. The normalized spacial score (nSPS) is 24.9. The second-order valence-corrected chi connectivity index (χ2v) is 10.3. The van der Waals surface area contributed by atoms with Gasteiger partial charge in [-0.2, -0.15) is 0 Å². The molecule has 6 nitrogen and oxygen atoms in total. The standard InChI is InChI=1S/C25H49N3O3/c1-7-27(8-2)17-25(29)26-22-14-24(15-22)31-23-9-11-28(12-10-23)16-20(5)13-21(6)18-30-19(3)4/h19-24H,7-18H2,1-6H3,(H,26,29). The first-order valence-electron chi connectivity index (χ1n) is 12.8. The lowest BCUT2D eigenvalue weighted by Crippen LogP contribution is -2.51. The molecule has 31 heavy (non-hydrogen) atoms. The van der Waals surface area contributed by atoms with Crippen molar-refractivity contribution >= 4 is 5.91 Å². The van der Waals surface area contributed by atoms with Crippen molar-refractivity contribution in [2.75, 3.05) is 45.9 Å². The van der Waals surface area contributed by atoms with Gasteiger partial charge in [0.1, 0.15) is 0 Å². The van der Waals surface area contributed by atoms with Gasteiger partial charge in [0, 0.05) is 32.3 Å². The molecule has 1 aliphatic heterocycles. The van der Waals surface area contributed by atoms with Gasteiger partial charge < -0.3 is 19.7 Å². The van der Waals surface area contributed by atoms with Gasteiger partial charge in [0.05, 0.1) is 24.9 Å².